The molecule has 25 heavy (non-hydrogen) atoms. The summed E-state index contributed by atoms with van der Waals surface area (Å²) in [5.41, 5.74) is 0.622. The minimum atomic E-state index is -1.15. The molecule has 8 nitrogen and oxygen atoms in total. The van der Waals surface area contributed by atoms with Gasteiger partial charge in [0.05, 0.1) is 20.3 Å². The Bertz CT molecular complexity index is 747. The van der Waals surface area contributed by atoms with Gasteiger partial charge in [0.25, 0.3) is 11.8 Å². The van der Waals surface area contributed by atoms with Crippen molar-refractivity contribution in [1.82, 2.24) is 15.6 Å². The quantitative estimate of drug-likeness (QED) is 0.611. The second kappa shape index (κ2) is 8.90. The zero-order chi connectivity index (χ0) is 18.2. The highest BCUT2D eigenvalue weighted by Crippen LogP contribution is 2.10. The van der Waals surface area contributed by atoms with Crippen LogP contribution in [0.2, 0.25) is 0 Å². The van der Waals surface area contributed by atoms with Gasteiger partial charge < -0.3 is 20.5 Å². The lowest BCUT2D eigenvalue weighted by Crippen LogP contribution is -2.44. The fraction of sp³-hybridized carbons (Fsp3) is 0.250. The number of methoxy groups -OCH3 is 1. The lowest BCUT2D eigenvalue weighted by molar-refractivity contribution is -0.143. The fourth-order valence-corrected chi connectivity index (χ4v) is 2.61. The van der Waals surface area contributed by atoms with E-state index in [1.807, 2.05) is 6.07 Å². The van der Waals surface area contributed by atoms with E-state index in [2.05, 4.69) is 20.4 Å². The first-order valence-corrected chi connectivity index (χ1v) is 8.20. The van der Waals surface area contributed by atoms with Crippen LogP contribution in [0.15, 0.2) is 35.7 Å². The van der Waals surface area contributed by atoms with Gasteiger partial charge in [0.2, 0.25) is 0 Å². The summed E-state index contributed by atoms with van der Waals surface area (Å²) in [6, 6.07) is 7.58. The van der Waals surface area contributed by atoms with Gasteiger partial charge in [-0.1, -0.05) is 18.2 Å². The molecule has 0 aliphatic rings. The number of esters is 1. The predicted molar refractivity (Wildman–Crippen MR) is 90.1 cm³/mol. The second-order valence-electron chi connectivity index (χ2n) is 4.91. The molecule has 2 aromatic rings. The largest absolute Gasteiger partial charge is 0.467 e. The summed E-state index contributed by atoms with van der Waals surface area (Å²) in [5, 5.41) is 16.2. The van der Waals surface area contributed by atoms with Crippen molar-refractivity contribution in [2.24, 2.45) is 0 Å². The number of ether oxygens (including phenoxy) is 1. The molecule has 0 fully saturated rings. The number of carbonyl (C=O) groups excluding carboxylic acids is 3. The highest BCUT2D eigenvalue weighted by molar-refractivity contribution is 7.09. The van der Waals surface area contributed by atoms with Crippen LogP contribution in [-0.2, 0) is 16.1 Å². The molecule has 0 aliphatic heterocycles. The Morgan fingerprint density at radius 1 is 1.24 bits per heavy atom. The Kier molecular flexibility index (Phi) is 6.61. The van der Waals surface area contributed by atoms with Gasteiger partial charge >= 0.3 is 5.97 Å². The number of thiazole rings is 1. The lowest BCUT2D eigenvalue weighted by atomic mass is 10.2. The average Bonchev–Trinajstić information content (AvgIpc) is 3.13. The molecule has 3 N–H and O–H groups in total. The fourth-order valence-electron chi connectivity index (χ4n) is 1.90. The lowest BCUT2D eigenvalue weighted by Gasteiger charge is -2.12. The zero-order valence-corrected chi connectivity index (χ0v) is 14.2. The van der Waals surface area contributed by atoms with E-state index in [0.29, 0.717) is 10.6 Å². The van der Waals surface area contributed by atoms with Gasteiger partial charge in [-0.15, -0.1) is 11.3 Å². The van der Waals surface area contributed by atoms with Crippen LogP contribution >= 0.6 is 11.3 Å². The second-order valence-corrected chi connectivity index (χ2v) is 5.85. The number of benzene rings is 1. The van der Waals surface area contributed by atoms with E-state index < -0.39 is 24.5 Å². The van der Waals surface area contributed by atoms with E-state index in [0.717, 1.165) is 7.11 Å². The number of aliphatic hydroxyl groups excluding tert-OH is 1. The van der Waals surface area contributed by atoms with Crippen LogP contribution in [0.1, 0.15) is 25.9 Å². The maximum atomic E-state index is 12.0. The Balaban J connectivity index is 1.92. The van der Waals surface area contributed by atoms with Crippen molar-refractivity contribution < 1.29 is 24.2 Å². The monoisotopic (exact) mass is 363 g/mol. The normalized spacial score (nSPS) is 11.4. The van der Waals surface area contributed by atoms with Gasteiger partial charge in [-0.2, -0.15) is 0 Å². The van der Waals surface area contributed by atoms with Gasteiger partial charge in [0, 0.05) is 10.9 Å². The van der Waals surface area contributed by atoms with Gasteiger partial charge in [-0.05, 0) is 12.1 Å². The summed E-state index contributed by atoms with van der Waals surface area (Å²) in [6.45, 7) is -0.408. The van der Waals surface area contributed by atoms with Crippen molar-refractivity contribution in [1.29, 1.82) is 0 Å². The topological polar surface area (TPSA) is 118 Å². The maximum absolute atomic E-state index is 12.0. The molecule has 132 valence electrons. The molecule has 0 bridgehead atoms. The number of nitrogens with zero attached hydrogens (tertiary/aromatic N) is 1. The molecule has 0 spiro atoms. The van der Waals surface area contributed by atoms with Crippen molar-refractivity contribution in [2.45, 2.75) is 12.6 Å². The first-order valence-electron chi connectivity index (χ1n) is 7.32. The van der Waals surface area contributed by atoms with Crippen molar-refractivity contribution in [3.63, 3.8) is 0 Å². The third-order valence-electron chi connectivity index (χ3n) is 3.19. The molecule has 1 unspecified atom stereocenters. The summed E-state index contributed by atoms with van der Waals surface area (Å²) >= 11 is 1.20. The number of carbonyl (C=O) groups is 3. The SMILES string of the molecule is COC(=O)C(CO)NC(=O)c1csc(CNC(=O)c2ccccc2)n1. The molecule has 0 saturated carbocycles. The smallest absolute Gasteiger partial charge is 0.330 e. The molecule has 0 aliphatic carbocycles. The van der Waals surface area contributed by atoms with E-state index in [1.54, 1.807) is 24.3 Å². The first-order chi connectivity index (χ1) is 12.0. The van der Waals surface area contributed by atoms with E-state index >= 15 is 0 Å². The van der Waals surface area contributed by atoms with Gasteiger partial charge in [0.1, 0.15) is 10.7 Å². The van der Waals surface area contributed by atoms with Crippen LogP contribution < -0.4 is 10.6 Å². The van der Waals surface area contributed by atoms with E-state index in [9.17, 15) is 14.4 Å². The molecule has 1 aromatic heterocycles. The van der Waals surface area contributed by atoms with Crippen LogP contribution in [0.4, 0.5) is 0 Å². The molecule has 1 atom stereocenters. The van der Waals surface area contributed by atoms with E-state index in [4.69, 9.17) is 5.11 Å². The molecule has 1 heterocycles. The van der Waals surface area contributed by atoms with E-state index in [1.165, 1.54) is 16.7 Å². The van der Waals surface area contributed by atoms with Gasteiger partial charge in [-0.25, -0.2) is 9.78 Å². The number of aliphatic hydroxyl groups is 1. The Hall–Kier alpha value is -2.78. The maximum Gasteiger partial charge on any atom is 0.330 e. The van der Waals surface area contributed by atoms with Crippen LogP contribution in [-0.4, -0.2) is 47.6 Å². The van der Waals surface area contributed by atoms with Crippen LogP contribution in [0.5, 0.6) is 0 Å². The summed E-state index contributed by atoms with van der Waals surface area (Å²) in [4.78, 5) is 39.5. The third kappa shape index (κ3) is 5.10. The Labute approximate surface area is 147 Å². The number of hydrogen-bond donors (Lipinski definition) is 3. The van der Waals surface area contributed by atoms with Crippen molar-refractivity contribution in [2.75, 3.05) is 13.7 Å². The summed E-state index contributed by atoms with van der Waals surface area (Å²) in [6.07, 6.45) is 0. The Morgan fingerprint density at radius 3 is 2.60 bits per heavy atom. The number of amides is 2. The molecule has 9 heteroatoms. The number of aromatic nitrogens is 1. The van der Waals surface area contributed by atoms with Gasteiger partial charge in [-0.3, -0.25) is 9.59 Å². The number of rotatable bonds is 7. The zero-order valence-electron chi connectivity index (χ0n) is 13.4. The molecule has 0 saturated heterocycles. The van der Waals surface area contributed by atoms with Gasteiger partial charge in [0.15, 0.2) is 6.04 Å². The van der Waals surface area contributed by atoms with Crippen LogP contribution in [0.25, 0.3) is 0 Å². The summed E-state index contributed by atoms with van der Waals surface area (Å²) in [5.74, 6) is -1.60. The third-order valence-corrected chi connectivity index (χ3v) is 4.04. The van der Waals surface area contributed by atoms with Crippen molar-refractivity contribution >= 4 is 29.1 Å². The Morgan fingerprint density at radius 2 is 1.96 bits per heavy atom. The molecular formula is C16H17N3O5S. The van der Waals surface area contributed by atoms with Crippen LogP contribution in [0.3, 0.4) is 0 Å². The summed E-state index contributed by atoms with van der Waals surface area (Å²) < 4.78 is 4.47. The first kappa shape index (κ1) is 18.6. The standard InChI is InChI=1S/C16H17N3O5S/c1-24-16(23)11(8-20)19-15(22)12-9-25-13(18-12)7-17-14(21)10-5-3-2-4-6-10/h2-6,9,11,20H,7-8H2,1H3,(H,17,21)(H,19,22). The highest BCUT2D eigenvalue weighted by Gasteiger charge is 2.22. The van der Waals surface area contributed by atoms with Crippen molar-refractivity contribution in [3.8, 4) is 0 Å². The van der Waals surface area contributed by atoms with Crippen molar-refractivity contribution in [3.05, 3.63) is 52.0 Å². The molecule has 2 amide bonds. The number of nitrogens with one attached hydrogen (secondary N) is 2. The number of hydrogen-bond acceptors (Lipinski definition) is 7. The van der Waals surface area contributed by atoms with Crippen LogP contribution in [0, 0.1) is 0 Å². The van der Waals surface area contributed by atoms with E-state index in [-0.39, 0.29) is 18.1 Å². The molecule has 1 aromatic carbocycles. The molecule has 0 radical (unpaired) electrons. The minimum Gasteiger partial charge on any atom is -0.467 e. The molecule has 2 rings (SSSR count). The highest BCUT2D eigenvalue weighted by atomic mass is 32.1. The molecular weight excluding hydrogens is 346 g/mol. The predicted octanol–water partition coefficient (Wildman–Crippen LogP) is 0.337. The minimum absolute atomic E-state index is 0.0938. The average molecular weight is 363 g/mol. The summed E-state index contributed by atoms with van der Waals surface area (Å²) in [7, 11) is 1.16.